The second kappa shape index (κ2) is 5.96. The number of aromatic carboxylic acids is 1. The van der Waals surface area contributed by atoms with Crippen molar-refractivity contribution >= 4 is 22.8 Å². The zero-order valence-electron chi connectivity index (χ0n) is 13.7. The number of carboxylic acid groups (broad SMARTS) is 1. The summed E-state index contributed by atoms with van der Waals surface area (Å²) in [5.41, 5.74) is 9.60. The highest BCUT2D eigenvalue weighted by Gasteiger charge is 2.21. The van der Waals surface area contributed by atoms with E-state index in [9.17, 15) is 4.79 Å². The third-order valence-corrected chi connectivity index (χ3v) is 4.13. The number of carboxylic acids is 1. The summed E-state index contributed by atoms with van der Waals surface area (Å²) in [6.45, 7) is 2.59. The van der Waals surface area contributed by atoms with Crippen LogP contribution in [0.5, 0.6) is 0 Å². The summed E-state index contributed by atoms with van der Waals surface area (Å²) < 4.78 is 6.65. The second-order valence-corrected chi connectivity index (χ2v) is 5.62. The molecule has 0 unspecified atom stereocenters. The molecule has 9 heteroatoms. The van der Waals surface area contributed by atoms with Gasteiger partial charge in [0.05, 0.1) is 17.3 Å². The van der Waals surface area contributed by atoms with Gasteiger partial charge in [-0.3, -0.25) is 4.98 Å². The first-order valence-electron chi connectivity index (χ1n) is 7.86. The first kappa shape index (κ1) is 15.8. The molecule has 4 aromatic rings. The molecule has 130 valence electrons. The molecule has 0 saturated carbocycles. The number of hydrogen-bond donors (Lipinski definition) is 2. The summed E-state index contributed by atoms with van der Waals surface area (Å²) in [4.78, 5) is 19.9. The van der Waals surface area contributed by atoms with Crippen LogP contribution in [0.25, 0.3) is 33.7 Å². The number of aryl methyl sites for hydroxylation is 1. The summed E-state index contributed by atoms with van der Waals surface area (Å²) in [7, 11) is 0. The number of rotatable bonds is 4. The van der Waals surface area contributed by atoms with Crippen molar-refractivity contribution in [3.8, 4) is 22.6 Å². The number of aromatic nitrogens is 5. The number of carbonyl (C=O) groups is 1. The number of imidazole rings is 1. The summed E-state index contributed by atoms with van der Waals surface area (Å²) >= 11 is 0. The molecule has 26 heavy (non-hydrogen) atoms. The van der Waals surface area contributed by atoms with E-state index in [1.54, 1.807) is 36.7 Å². The number of nitrogen functional groups attached to an aromatic ring is 1. The summed E-state index contributed by atoms with van der Waals surface area (Å²) in [5, 5.41) is 16.5. The Labute approximate surface area is 147 Å². The molecule has 3 aromatic heterocycles. The Morgan fingerprint density at radius 3 is 2.62 bits per heavy atom. The first-order valence-corrected chi connectivity index (χ1v) is 7.86. The average Bonchev–Trinajstić information content (AvgIpc) is 3.24. The lowest BCUT2D eigenvalue weighted by atomic mass is 10.0. The Hall–Kier alpha value is -3.75. The van der Waals surface area contributed by atoms with Crippen molar-refractivity contribution in [1.82, 2.24) is 24.8 Å². The van der Waals surface area contributed by atoms with Crippen LogP contribution in [0.4, 0.5) is 5.82 Å². The zero-order chi connectivity index (χ0) is 18.3. The van der Waals surface area contributed by atoms with Gasteiger partial charge in [0.25, 0.3) is 0 Å². The Balaban J connectivity index is 1.95. The van der Waals surface area contributed by atoms with Gasteiger partial charge in [-0.2, -0.15) is 0 Å². The second-order valence-electron chi connectivity index (χ2n) is 5.62. The highest BCUT2D eigenvalue weighted by molar-refractivity contribution is 5.95. The minimum Gasteiger partial charge on any atom is -0.478 e. The Morgan fingerprint density at radius 1 is 1.23 bits per heavy atom. The van der Waals surface area contributed by atoms with Gasteiger partial charge < -0.3 is 15.4 Å². The highest BCUT2D eigenvalue weighted by atomic mass is 16.6. The molecule has 9 nitrogen and oxygen atoms in total. The van der Waals surface area contributed by atoms with Crippen molar-refractivity contribution in [2.24, 2.45) is 0 Å². The van der Waals surface area contributed by atoms with Crippen LogP contribution < -0.4 is 5.73 Å². The van der Waals surface area contributed by atoms with Crippen molar-refractivity contribution in [2.75, 3.05) is 5.73 Å². The highest BCUT2D eigenvalue weighted by Crippen LogP contribution is 2.32. The Morgan fingerprint density at radius 2 is 2.00 bits per heavy atom. The summed E-state index contributed by atoms with van der Waals surface area (Å²) in [6.07, 6.45) is 3.38. The molecule has 0 fully saturated rings. The van der Waals surface area contributed by atoms with Crippen LogP contribution in [0.3, 0.4) is 0 Å². The van der Waals surface area contributed by atoms with Crippen molar-refractivity contribution in [3.63, 3.8) is 0 Å². The molecule has 0 aliphatic heterocycles. The molecule has 0 amide bonds. The molecule has 0 atom stereocenters. The number of fused-ring (bicyclic) bond motifs is 1. The standard InChI is InChI=1S/C17H14N6O3/c1-2-23-14-11(9-3-5-10(6-4-9)17(24)25)7-19-8-12(14)20-16(23)13-15(18)22-26-21-13/h3-8H,2H2,1H3,(H2,18,22)(H,24,25). The van der Waals surface area contributed by atoms with Gasteiger partial charge >= 0.3 is 5.97 Å². The molecule has 0 saturated heterocycles. The van der Waals surface area contributed by atoms with Crippen molar-refractivity contribution in [2.45, 2.75) is 13.5 Å². The Bertz CT molecular complexity index is 1110. The fraction of sp³-hybridized carbons (Fsp3) is 0.118. The molecule has 0 aliphatic carbocycles. The molecular weight excluding hydrogens is 336 g/mol. The monoisotopic (exact) mass is 350 g/mol. The van der Waals surface area contributed by atoms with E-state index in [0.29, 0.717) is 23.6 Å². The number of pyridine rings is 1. The van der Waals surface area contributed by atoms with Crippen LogP contribution in [-0.2, 0) is 6.54 Å². The van der Waals surface area contributed by atoms with Gasteiger partial charge in [0, 0.05) is 18.3 Å². The molecule has 0 bridgehead atoms. The smallest absolute Gasteiger partial charge is 0.335 e. The van der Waals surface area contributed by atoms with E-state index >= 15 is 0 Å². The van der Waals surface area contributed by atoms with Crippen LogP contribution in [0.1, 0.15) is 17.3 Å². The molecule has 4 rings (SSSR count). The molecule has 3 N–H and O–H groups in total. The number of benzene rings is 1. The maximum absolute atomic E-state index is 11.1. The molecule has 0 spiro atoms. The van der Waals surface area contributed by atoms with Gasteiger partial charge in [-0.1, -0.05) is 12.1 Å². The van der Waals surface area contributed by atoms with E-state index in [0.717, 1.165) is 16.6 Å². The van der Waals surface area contributed by atoms with E-state index in [-0.39, 0.29) is 11.4 Å². The van der Waals surface area contributed by atoms with Crippen LogP contribution in [0.2, 0.25) is 0 Å². The lowest BCUT2D eigenvalue weighted by Crippen LogP contribution is -2.01. The van der Waals surface area contributed by atoms with Crippen molar-refractivity contribution < 1.29 is 14.5 Å². The zero-order valence-corrected chi connectivity index (χ0v) is 13.7. The van der Waals surface area contributed by atoms with Gasteiger partial charge in [-0.05, 0) is 34.9 Å². The van der Waals surface area contributed by atoms with Gasteiger partial charge in [0.1, 0.15) is 5.52 Å². The largest absolute Gasteiger partial charge is 0.478 e. The third-order valence-electron chi connectivity index (χ3n) is 4.13. The summed E-state index contributed by atoms with van der Waals surface area (Å²) in [5.74, 6) is -0.268. The van der Waals surface area contributed by atoms with E-state index in [4.69, 9.17) is 15.5 Å². The van der Waals surface area contributed by atoms with E-state index in [1.807, 2.05) is 11.5 Å². The van der Waals surface area contributed by atoms with E-state index in [1.165, 1.54) is 0 Å². The summed E-state index contributed by atoms with van der Waals surface area (Å²) in [6, 6.07) is 6.62. The minimum atomic E-state index is -0.970. The predicted octanol–water partition coefficient (Wildman–Crippen LogP) is 2.45. The van der Waals surface area contributed by atoms with Crippen LogP contribution in [-0.4, -0.2) is 35.9 Å². The SMILES string of the molecule is CCn1c(-c2nonc2N)nc2cncc(-c3ccc(C(=O)O)cc3)c21. The number of anilines is 1. The van der Waals surface area contributed by atoms with Crippen LogP contribution in [0, 0.1) is 0 Å². The fourth-order valence-corrected chi connectivity index (χ4v) is 2.93. The first-order chi connectivity index (χ1) is 12.6. The van der Waals surface area contributed by atoms with Gasteiger partial charge in [0.2, 0.25) is 0 Å². The topological polar surface area (TPSA) is 133 Å². The molecular formula is C17H14N6O3. The van der Waals surface area contributed by atoms with E-state index < -0.39 is 5.97 Å². The Kier molecular flexibility index (Phi) is 3.61. The molecule has 0 radical (unpaired) electrons. The van der Waals surface area contributed by atoms with Gasteiger partial charge in [-0.25, -0.2) is 14.4 Å². The van der Waals surface area contributed by atoms with Crippen LogP contribution >= 0.6 is 0 Å². The fourth-order valence-electron chi connectivity index (χ4n) is 2.93. The maximum atomic E-state index is 11.1. The number of nitrogens with zero attached hydrogens (tertiary/aromatic N) is 5. The quantitative estimate of drug-likeness (QED) is 0.573. The van der Waals surface area contributed by atoms with Crippen molar-refractivity contribution in [3.05, 3.63) is 42.2 Å². The van der Waals surface area contributed by atoms with E-state index in [2.05, 4.69) is 20.3 Å². The van der Waals surface area contributed by atoms with Gasteiger partial charge in [-0.15, -0.1) is 0 Å². The normalized spacial score (nSPS) is 11.1. The molecule has 0 aliphatic rings. The third kappa shape index (κ3) is 2.37. The average molecular weight is 350 g/mol. The lowest BCUT2D eigenvalue weighted by Gasteiger charge is -2.08. The lowest BCUT2D eigenvalue weighted by molar-refractivity contribution is 0.0697. The van der Waals surface area contributed by atoms with Crippen molar-refractivity contribution in [1.29, 1.82) is 0 Å². The number of hydrogen-bond acceptors (Lipinski definition) is 7. The molecule has 1 aromatic carbocycles. The predicted molar refractivity (Wildman–Crippen MR) is 93.3 cm³/mol. The van der Waals surface area contributed by atoms with Gasteiger partial charge in [0.15, 0.2) is 17.3 Å². The minimum absolute atomic E-state index is 0.162. The van der Waals surface area contributed by atoms with Crippen LogP contribution in [0.15, 0.2) is 41.3 Å². The number of nitrogens with two attached hydrogens (primary N) is 1. The molecule has 3 heterocycles. The maximum Gasteiger partial charge on any atom is 0.335 e.